The quantitative estimate of drug-likeness (QED) is 0.454. The van der Waals surface area contributed by atoms with Crippen molar-refractivity contribution in [2.75, 3.05) is 19.0 Å². The van der Waals surface area contributed by atoms with E-state index in [0.29, 0.717) is 22.8 Å². The number of amides is 1. The Morgan fingerprint density at radius 1 is 1.10 bits per heavy atom. The highest BCUT2D eigenvalue weighted by atomic mass is 16.5. The van der Waals surface area contributed by atoms with Crippen molar-refractivity contribution in [2.24, 2.45) is 0 Å². The van der Waals surface area contributed by atoms with Crippen molar-refractivity contribution in [1.82, 2.24) is 0 Å². The van der Waals surface area contributed by atoms with E-state index in [-0.39, 0.29) is 12.5 Å². The van der Waals surface area contributed by atoms with E-state index in [0.717, 1.165) is 21.9 Å². The molecule has 1 aromatic heterocycles. The third-order valence-corrected chi connectivity index (χ3v) is 4.57. The van der Waals surface area contributed by atoms with Gasteiger partial charge < -0.3 is 19.2 Å². The number of methoxy groups -OCH3 is 1. The number of fused-ring (bicyclic) bond motifs is 3. The second-order valence-corrected chi connectivity index (χ2v) is 6.49. The summed E-state index contributed by atoms with van der Waals surface area (Å²) in [7, 11) is 1.56. The van der Waals surface area contributed by atoms with Gasteiger partial charge in [-0.15, -0.1) is 0 Å². The Hall–Kier alpha value is -4.24. The Morgan fingerprint density at radius 2 is 1.90 bits per heavy atom. The molecule has 0 atom stereocenters. The van der Waals surface area contributed by atoms with E-state index in [1.807, 2.05) is 36.4 Å². The molecule has 30 heavy (non-hydrogen) atoms. The van der Waals surface area contributed by atoms with Gasteiger partial charge in [-0.3, -0.25) is 4.79 Å². The fourth-order valence-electron chi connectivity index (χ4n) is 3.16. The van der Waals surface area contributed by atoms with Crippen molar-refractivity contribution in [1.29, 1.82) is 5.26 Å². The Bertz CT molecular complexity index is 1280. The van der Waals surface area contributed by atoms with Crippen molar-refractivity contribution >= 4 is 39.6 Å². The van der Waals surface area contributed by atoms with Crippen LogP contribution in [-0.4, -0.2) is 19.6 Å². The van der Waals surface area contributed by atoms with Crippen LogP contribution in [0.4, 0.5) is 5.69 Å². The second kappa shape index (κ2) is 8.41. The van der Waals surface area contributed by atoms with Crippen LogP contribution >= 0.6 is 0 Å². The molecule has 0 fully saturated rings. The monoisotopic (exact) mass is 398 g/mol. The number of nitriles is 1. The van der Waals surface area contributed by atoms with Gasteiger partial charge in [0.05, 0.1) is 12.8 Å². The lowest BCUT2D eigenvalue weighted by Crippen LogP contribution is -2.08. The van der Waals surface area contributed by atoms with E-state index in [9.17, 15) is 4.79 Å². The molecule has 0 aliphatic carbocycles. The summed E-state index contributed by atoms with van der Waals surface area (Å²) in [5, 5.41) is 13.3. The number of anilines is 1. The lowest BCUT2D eigenvalue weighted by molar-refractivity contribution is -0.111. The molecule has 0 spiro atoms. The van der Waals surface area contributed by atoms with Crippen LogP contribution in [0.1, 0.15) is 5.56 Å². The zero-order valence-electron chi connectivity index (χ0n) is 16.2. The SMILES string of the molecule is COc1cc2c(cc1NC(=O)/C=C/c1ccc(OCC#N)cc1)oc1ccccc12. The highest BCUT2D eigenvalue weighted by molar-refractivity contribution is 6.09. The number of carbonyl (C=O) groups is 1. The predicted molar refractivity (Wildman–Crippen MR) is 115 cm³/mol. The van der Waals surface area contributed by atoms with Crippen LogP contribution in [0.2, 0.25) is 0 Å². The number of nitrogens with one attached hydrogen (secondary N) is 1. The summed E-state index contributed by atoms with van der Waals surface area (Å²) in [5.74, 6) is 0.852. The van der Waals surface area contributed by atoms with Crippen molar-refractivity contribution < 1.29 is 18.7 Å². The van der Waals surface area contributed by atoms with Gasteiger partial charge in [0.25, 0.3) is 0 Å². The van der Waals surface area contributed by atoms with Crippen LogP contribution in [0.3, 0.4) is 0 Å². The summed E-state index contributed by atoms with van der Waals surface area (Å²) in [6, 6.07) is 20.4. The normalized spacial score (nSPS) is 10.9. The molecule has 0 aliphatic rings. The van der Waals surface area contributed by atoms with E-state index in [4.69, 9.17) is 19.2 Å². The first-order valence-electron chi connectivity index (χ1n) is 9.26. The average molecular weight is 398 g/mol. The standard InChI is InChI=1S/C24H18N2O4/c1-28-23-14-19-18-4-2-3-5-21(18)30-22(19)15-20(23)26-24(27)11-8-16-6-9-17(10-7-16)29-13-12-25/h2-11,14-15H,13H2,1H3,(H,26,27)/b11-8+. The highest BCUT2D eigenvalue weighted by Crippen LogP contribution is 2.36. The number of ether oxygens (including phenoxy) is 2. The first-order valence-corrected chi connectivity index (χ1v) is 9.26. The largest absolute Gasteiger partial charge is 0.495 e. The predicted octanol–water partition coefficient (Wildman–Crippen LogP) is 5.15. The Balaban J connectivity index is 1.53. The van der Waals surface area contributed by atoms with E-state index < -0.39 is 0 Å². The van der Waals surface area contributed by atoms with E-state index in [1.54, 1.807) is 43.5 Å². The molecule has 1 N–H and O–H groups in total. The van der Waals surface area contributed by atoms with Crippen LogP contribution in [0, 0.1) is 11.3 Å². The Morgan fingerprint density at radius 3 is 2.67 bits per heavy atom. The van der Waals surface area contributed by atoms with Crippen LogP contribution in [0.15, 0.2) is 71.2 Å². The van der Waals surface area contributed by atoms with Gasteiger partial charge in [-0.2, -0.15) is 5.26 Å². The first-order chi connectivity index (χ1) is 14.7. The summed E-state index contributed by atoms with van der Waals surface area (Å²) in [6.07, 6.45) is 3.13. The fraction of sp³-hybridized carbons (Fsp3) is 0.0833. The van der Waals surface area contributed by atoms with Crippen LogP contribution in [0.5, 0.6) is 11.5 Å². The molecule has 148 valence electrons. The van der Waals surface area contributed by atoms with Crippen molar-refractivity contribution in [3.05, 3.63) is 72.3 Å². The molecular formula is C24H18N2O4. The van der Waals surface area contributed by atoms with Gasteiger partial charge in [0.2, 0.25) is 5.91 Å². The van der Waals surface area contributed by atoms with Gasteiger partial charge in [0.1, 0.15) is 28.7 Å². The molecular weight excluding hydrogens is 380 g/mol. The minimum absolute atomic E-state index is 0.00496. The molecule has 0 aliphatic heterocycles. The van der Waals surface area contributed by atoms with Gasteiger partial charge in [0, 0.05) is 22.9 Å². The number of carbonyl (C=O) groups excluding carboxylic acids is 1. The van der Waals surface area contributed by atoms with Crippen molar-refractivity contribution in [2.45, 2.75) is 0 Å². The summed E-state index contributed by atoms with van der Waals surface area (Å²) < 4.78 is 16.6. The number of para-hydroxylation sites is 1. The average Bonchev–Trinajstić information content (AvgIpc) is 3.13. The number of nitrogens with zero attached hydrogens (tertiary/aromatic N) is 1. The smallest absolute Gasteiger partial charge is 0.248 e. The molecule has 0 unspecified atom stereocenters. The molecule has 3 aromatic carbocycles. The summed E-state index contributed by atoms with van der Waals surface area (Å²) >= 11 is 0. The van der Waals surface area contributed by atoms with Gasteiger partial charge in [-0.05, 0) is 35.9 Å². The molecule has 0 saturated heterocycles. The number of furan rings is 1. The number of benzene rings is 3. The fourth-order valence-corrected chi connectivity index (χ4v) is 3.16. The minimum atomic E-state index is -0.298. The molecule has 0 bridgehead atoms. The van der Waals surface area contributed by atoms with E-state index in [2.05, 4.69) is 5.32 Å². The lowest BCUT2D eigenvalue weighted by atomic mass is 10.1. The molecule has 0 saturated carbocycles. The number of hydrogen-bond donors (Lipinski definition) is 1. The van der Waals surface area contributed by atoms with Gasteiger partial charge >= 0.3 is 0 Å². The van der Waals surface area contributed by atoms with Crippen LogP contribution in [-0.2, 0) is 4.79 Å². The van der Waals surface area contributed by atoms with Crippen LogP contribution < -0.4 is 14.8 Å². The lowest BCUT2D eigenvalue weighted by Gasteiger charge is -2.09. The minimum Gasteiger partial charge on any atom is -0.495 e. The van der Waals surface area contributed by atoms with Crippen LogP contribution in [0.25, 0.3) is 28.0 Å². The Kier molecular flexibility index (Phi) is 5.35. The third-order valence-electron chi connectivity index (χ3n) is 4.57. The molecule has 0 radical (unpaired) electrons. The summed E-state index contributed by atoms with van der Waals surface area (Å²) in [4.78, 5) is 12.4. The highest BCUT2D eigenvalue weighted by Gasteiger charge is 2.13. The van der Waals surface area contributed by atoms with Crippen molar-refractivity contribution in [3.8, 4) is 17.6 Å². The molecule has 6 nitrogen and oxygen atoms in total. The third kappa shape index (κ3) is 3.96. The number of hydrogen-bond acceptors (Lipinski definition) is 5. The molecule has 1 amide bonds. The molecule has 4 rings (SSSR count). The van der Waals surface area contributed by atoms with Gasteiger partial charge in [-0.25, -0.2) is 0 Å². The number of rotatable bonds is 6. The van der Waals surface area contributed by atoms with Crippen molar-refractivity contribution in [3.63, 3.8) is 0 Å². The molecule has 1 heterocycles. The first kappa shape index (κ1) is 19.1. The van der Waals surface area contributed by atoms with E-state index in [1.165, 1.54) is 6.08 Å². The summed E-state index contributed by atoms with van der Waals surface area (Å²) in [5.41, 5.74) is 2.80. The topological polar surface area (TPSA) is 84.5 Å². The maximum atomic E-state index is 12.4. The summed E-state index contributed by atoms with van der Waals surface area (Å²) in [6.45, 7) is -0.00496. The zero-order valence-corrected chi connectivity index (χ0v) is 16.2. The molecule has 6 heteroatoms. The second-order valence-electron chi connectivity index (χ2n) is 6.49. The maximum absolute atomic E-state index is 12.4. The zero-order chi connectivity index (χ0) is 20.9. The Labute approximate surface area is 172 Å². The van der Waals surface area contributed by atoms with E-state index >= 15 is 0 Å². The molecule has 4 aromatic rings. The maximum Gasteiger partial charge on any atom is 0.248 e. The van der Waals surface area contributed by atoms with Gasteiger partial charge in [-0.1, -0.05) is 30.3 Å². The van der Waals surface area contributed by atoms with Gasteiger partial charge in [0.15, 0.2) is 6.61 Å².